The minimum atomic E-state index is -0.313. The van der Waals surface area contributed by atoms with E-state index in [1.807, 2.05) is 18.2 Å². The predicted octanol–water partition coefficient (Wildman–Crippen LogP) is 6.14. The fraction of sp³-hybridized carbons (Fsp3) is 0.192. The molecule has 32 heavy (non-hydrogen) atoms. The summed E-state index contributed by atoms with van der Waals surface area (Å²) in [4.78, 5) is 12.8. The molecule has 5 nitrogen and oxygen atoms in total. The molecule has 0 bridgehead atoms. The number of nitrogens with one attached hydrogen (secondary N) is 2. The van der Waals surface area contributed by atoms with Crippen LogP contribution in [0.3, 0.4) is 0 Å². The molecule has 1 aliphatic heterocycles. The molecule has 0 unspecified atom stereocenters. The monoisotopic (exact) mass is 430 g/mol. The molecular formula is C26H23FN2O3. The van der Waals surface area contributed by atoms with E-state index in [9.17, 15) is 9.18 Å². The fourth-order valence-corrected chi connectivity index (χ4v) is 4.09. The van der Waals surface area contributed by atoms with Crippen LogP contribution < -0.4 is 15.4 Å². The summed E-state index contributed by atoms with van der Waals surface area (Å²) in [6.45, 7) is 0.934. The van der Waals surface area contributed by atoms with E-state index in [1.165, 1.54) is 17.7 Å². The average molecular weight is 430 g/mol. The predicted molar refractivity (Wildman–Crippen MR) is 123 cm³/mol. The van der Waals surface area contributed by atoms with E-state index in [4.69, 9.17) is 9.15 Å². The molecule has 1 aliphatic rings. The van der Waals surface area contributed by atoms with Gasteiger partial charge in [-0.3, -0.25) is 4.79 Å². The number of anilines is 1. The summed E-state index contributed by atoms with van der Waals surface area (Å²) >= 11 is 0. The molecule has 0 fully saturated rings. The molecule has 0 atom stereocenters. The highest BCUT2D eigenvalue weighted by Crippen LogP contribution is 2.38. The quantitative estimate of drug-likeness (QED) is 0.408. The maximum absolute atomic E-state index is 13.1. The van der Waals surface area contributed by atoms with Crippen LogP contribution in [0.25, 0.3) is 22.3 Å². The van der Waals surface area contributed by atoms with Crippen molar-refractivity contribution in [3.63, 3.8) is 0 Å². The van der Waals surface area contributed by atoms with Crippen molar-refractivity contribution >= 4 is 22.6 Å². The molecule has 162 valence electrons. The van der Waals surface area contributed by atoms with Crippen LogP contribution in [0, 0.1) is 5.82 Å². The fourth-order valence-electron chi connectivity index (χ4n) is 4.09. The summed E-state index contributed by atoms with van der Waals surface area (Å²) in [5, 5.41) is 7.02. The van der Waals surface area contributed by atoms with Crippen molar-refractivity contribution in [2.24, 2.45) is 0 Å². The van der Waals surface area contributed by atoms with Gasteiger partial charge in [0.2, 0.25) is 0 Å². The first-order valence-electron chi connectivity index (χ1n) is 10.7. The van der Waals surface area contributed by atoms with Crippen molar-refractivity contribution in [2.75, 3.05) is 18.9 Å². The molecule has 1 amide bonds. The van der Waals surface area contributed by atoms with Gasteiger partial charge in [0.1, 0.15) is 28.7 Å². The van der Waals surface area contributed by atoms with E-state index in [0.29, 0.717) is 28.4 Å². The van der Waals surface area contributed by atoms with E-state index in [1.54, 1.807) is 31.3 Å². The lowest BCUT2D eigenvalue weighted by Gasteiger charge is -2.08. The number of fused-ring (bicyclic) bond motifs is 2. The zero-order valence-corrected chi connectivity index (χ0v) is 17.7. The van der Waals surface area contributed by atoms with Gasteiger partial charge in [0.15, 0.2) is 0 Å². The number of halogens is 1. The van der Waals surface area contributed by atoms with Crippen molar-refractivity contribution in [2.45, 2.75) is 19.3 Å². The first-order valence-corrected chi connectivity index (χ1v) is 10.7. The van der Waals surface area contributed by atoms with Crippen molar-refractivity contribution in [3.8, 4) is 22.8 Å². The lowest BCUT2D eigenvalue weighted by molar-refractivity contribution is 0.0964. The molecule has 1 aromatic heterocycles. The average Bonchev–Trinajstić information content (AvgIpc) is 3.02. The Labute approximate surface area is 185 Å². The summed E-state index contributed by atoms with van der Waals surface area (Å²) in [5.41, 5.74) is 4.26. The Kier molecular flexibility index (Phi) is 5.27. The van der Waals surface area contributed by atoms with Gasteiger partial charge in [-0.25, -0.2) is 4.39 Å². The Balaban J connectivity index is 1.53. The molecule has 6 heteroatoms. The molecule has 3 aromatic carbocycles. The normalized spacial score (nSPS) is 13.2. The van der Waals surface area contributed by atoms with Crippen LogP contribution in [0.1, 0.15) is 28.8 Å². The topological polar surface area (TPSA) is 63.5 Å². The number of rotatable bonds is 4. The Morgan fingerprint density at radius 1 is 1.03 bits per heavy atom. The number of amides is 1. The number of aryl methyl sites for hydroxylation is 1. The molecule has 0 radical (unpaired) electrons. The van der Waals surface area contributed by atoms with Gasteiger partial charge in [0, 0.05) is 36.3 Å². The zero-order chi connectivity index (χ0) is 22.1. The first-order chi connectivity index (χ1) is 15.6. The van der Waals surface area contributed by atoms with Crippen LogP contribution in [-0.4, -0.2) is 19.5 Å². The van der Waals surface area contributed by atoms with Crippen LogP contribution in [-0.2, 0) is 6.42 Å². The van der Waals surface area contributed by atoms with Gasteiger partial charge >= 0.3 is 0 Å². The Morgan fingerprint density at radius 3 is 2.47 bits per heavy atom. The molecule has 2 N–H and O–H groups in total. The number of hydrogen-bond donors (Lipinski definition) is 2. The highest BCUT2D eigenvalue weighted by atomic mass is 19.1. The number of ether oxygens (including phenoxy) is 1. The van der Waals surface area contributed by atoms with Crippen LogP contribution in [0.5, 0.6) is 11.5 Å². The minimum absolute atomic E-state index is 0.188. The second-order valence-electron chi connectivity index (χ2n) is 7.86. The summed E-state index contributed by atoms with van der Waals surface area (Å²) in [6, 6.07) is 17.2. The van der Waals surface area contributed by atoms with E-state index < -0.39 is 0 Å². The van der Waals surface area contributed by atoms with Gasteiger partial charge in [-0.15, -0.1) is 0 Å². The third-order valence-electron chi connectivity index (χ3n) is 5.72. The molecule has 0 saturated heterocycles. The maximum atomic E-state index is 13.1. The Morgan fingerprint density at radius 2 is 1.75 bits per heavy atom. The Hall–Kier alpha value is -3.80. The molecule has 5 rings (SSSR count). The van der Waals surface area contributed by atoms with Gasteiger partial charge in [0.25, 0.3) is 5.91 Å². The molecule has 0 saturated carbocycles. The lowest BCUT2D eigenvalue weighted by atomic mass is 10.0. The summed E-state index contributed by atoms with van der Waals surface area (Å²) < 4.78 is 25.1. The smallest absolute Gasteiger partial charge is 0.255 e. The number of benzene rings is 3. The summed E-state index contributed by atoms with van der Waals surface area (Å²) in [5.74, 6) is 1.17. The van der Waals surface area contributed by atoms with Crippen molar-refractivity contribution in [1.29, 1.82) is 0 Å². The molecule has 0 aliphatic carbocycles. The SMILES string of the molecule is CNC(=O)c1c(-c2ccc(Oc3ccc(F)cc3)cc2)oc2cc3c(cc12)CCCCN3. The van der Waals surface area contributed by atoms with Crippen molar-refractivity contribution in [1.82, 2.24) is 5.32 Å². The van der Waals surface area contributed by atoms with Gasteiger partial charge in [-0.2, -0.15) is 0 Å². The van der Waals surface area contributed by atoms with Crippen LogP contribution in [0.4, 0.5) is 10.1 Å². The first kappa shape index (κ1) is 20.1. The van der Waals surface area contributed by atoms with E-state index in [2.05, 4.69) is 16.7 Å². The highest BCUT2D eigenvalue weighted by Gasteiger charge is 2.23. The molecule has 2 heterocycles. The maximum Gasteiger partial charge on any atom is 0.255 e. The van der Waals surface area contributed by atoms with E-state index >= 15 is 0 Å². The molecular weight excluding hydrogens is 407 g/mol. The van der Waals surface area contributed by atoms with E-state index in [-0.39, 0.29) is 11.7 Å². The third-order valence-corrected chi connectivity index (χ3v) is 5.72. The Bertz CT molecular complexity index is 1280. The molecule has 4 aromatic rings. The number of hydrogen-bond acceptors (Lipinski definition) is 4. The second kappa shape index (κ2) is 8.38. The second-order valence-corrected chi connectivity index (χ2v) is 7.86. The number of carbonyl (C=O) groups excluding carboxylic acids is 1. The lowest BCUT2D eigenvalue weighted by Crippen LogP contribution is -2.18. The van der Waals surface area contributed by atoms with Crippen LogP contribution in [0.2, 0.25) is 0 Å². The summed E-state index contributed by atoms with van der Waals surface area (Å²) in [7, 11) is 1.62. The third kappa shape index (κ3) is 3.80. The van der Waals surface area contributed by atoms with Crippen LogP contribution >= 0.6 is 0 Å². The molecule has 0 spiro atoms. The standard InChI is InChI=1S/C26H23FN2O3/c1-28-26(30)24-21-14-17-4-2-3-13-29-22(17)15-23(21)32-25(24)16-5-9-19(10-6-16)31-20-11-7-18(27)8-12-20/h5-12,14-15,29H,2-4,13H2,1H3,(H,28,30). The number of furan rings is 1. The van der Waals surface area contributed by atoms with Crippen LogP contribution in [0.15, 0.2) is 65.1 Å². The van der Waals surface area contributed by atoms with Crippen molar-refractivity contribution in [3.05, 3.63) is 77.6 Å². The van der Waals surface area contributed by atoms with E-state index in [0.717, 1.165) is 42.4 Å². The number of carbonyl (C=O) groups is 1. The largest absolute Gasteiger partial charge is 0.457 e. The zero-order valence-electron chi connectivity index (χ0n) is 17.7. The minimum Gasteiger partial charge on any atom is -0.457 e. The van der Waals surface area contributed by atoms with Gasteiger partial charge in [-0.05, 0) is 79.4 Å². The highest BCUT2D eigenvalue weighted by molar-refractivity contribution is 6.11. The van der Waals surface area contributed by atoms with Gasteiger partial charge < -0.3 is 19.8 Å². The van der Waals surface area contributed by atoms with Crippen molar-refractivity contribution < 1.29 is 18.3 Å². The summed E-state index contributed by atoms with van der Waals surface area (Å²) in [6.07, 6.45) is 3.21. The van der Waals surface area contributed by atoms with Gasteiger partial charge in [-0.1, -0.05) is 0 Å². The van der Waals surface area contributed by atoms with Gasteiger partial charge in [0.05, 0.1) is 5.56 Å².